The van der Waals surface area contributed by atoms with Crippen LogP contribution in [-0.4, -0.2) is 13.1 Å². The van der Waals surface area contributed by atoms with Crippen LogP contribution in [0.15, 0.2) is 0 Å². The Morgan fingerprint density at radius 3 is 2.17 bits per heavy atom. The molecule has 0 atom stereocenters. The van der Waals surface area contributed by atoms with Crippen LogP contribution in [0.2, 0.25) is 0 Å². The minimum atomic E-state index is -0.495. The fourth-order valence-electron chi connectivity index (χ4n) is 0. The SMILES string of the molecule is CNC(N)=O.[H-].[K+]. The van der Waals surface area contributed by atoms with Gasteiger partial charge in [-0.05, 0) is 0 Å². The number of hydrogen-bond donors (Lipinski definition) is 2. The number of carbonyl (C=O) groups excluding carboxylic acids is 1. The Bertz CT molecular complexity index is 51.0. The van der Waals surface area contributed by atoms with Gasteiger partial charge in [0.25, 0.3) is 0 Å². The normalized spacial score (nSPS) is 5.50. The first kappa shape index (κ1) is 10.0. The number of urea groups is 1. The van der Waals surface area contributed by atoms with E-state index in [1.54, 1.807) is 0 Å². The molecule has 0 bridgehead atoms. The number of carbonyl (C=O) groups is 1. The predicted octanol–water partition coefficient (Wildman–Crippen LogP) is -3.60. The van der Waals surface area contributed by atoms with E-state index in [1.165, 1.54) is 7.05 Å². The van der Waals surface area contributed by atoms with Gasteiger partial charge in [0, 0.05) is 7.05 Å². The molecule has 4 heteroatoms. The molecule has 0 aliphatic heterocycles. The first-order valence-electron chi connectivity index (χ1n) is 1.24. The molecular weight excluding hydrogens is 107 g/mol. The monoisotopic (exact) mass is 114 g/mol. The van der Waals surface area contributed by atoms with E-state index in [1.807, 2.05) is 0 Å². The van der Waals surface area contributed by atoms with Crippen molar-refractivity contribution in [1.29, 1.82) is 0 Å². The van der Waals surface area contributed by atoms with Crippen molar-refractivity contribution in [2.75, 3.05) is 7.05 Å². The Balaban J connectivity index is -0.0000000800. The second kappa shape index (κ2) is 5.91. The van der Waals surface area contributed by atoms with E-state index in [9.17, 15) is 4.79 Å². The molecule has 6 heavy (non-hydrogen) atoms. The molecule has 0 saturated heterocycles. The van der Waals surface area contributed by atoms with Gasteiger partial charge in [-0.1, -0.05) is 0 Å². The maximum atomic E-state index is 9.48. The summed E-state index contributed by atoms with van der Waals surface area (Å²) < 4.78 is 0. The van der Waals surface area contributed by atoms with Crippen LogP contribution in [-0.2, 0) is 0 Å². The summed E-state index contributed by atoms with van der Waals surface area (Å²) in [5.74, 6) is 0. The van der Waals surface area contributed by atoms with Gasteiger partial charge in [0.05, 0.1) is 0 Å². The fourth-order valence-corrected chi connectivity index (χ4v) is 0. The minimum Gasteiger partial charge on any atom is -1.00 e. The van der Waals surface area contributed by atoms with Gasteiger partial charge in [0.2, 0.25) is 0 Å². The molecule has 2 amide bonds. The molecule has 0 aromatic heterocycles. The van der Waals surface area contributed by atoms with Gasteiger partial charge in [0.15, 0.2) is 0 Å². The molecule has 0 heterocycles. The fraction of sp³-hybridized carbons (Fsp3) is 0.500. The summed E-state index contributed by atoms with van der Waals surface area (Å²) in [5.41, 5.74) is 4.54. The van der Waals surface area contributed by atoms with Crippen LogP contribution in [0, 0.1) is 0 Å². The predicted molar refractivity (Wildman–Crippen MR) is 19.8 cm³/mol. The van der Waals surface area contributed by atoms with E-state index in [4.69, 9.17) is 0 Å². The third kappa shape index (κ3) is 8.86. The van der Waals surface area contributed by atoms with Gasteiger partial charge in [-0.25, -0.2) is 4.79 Å². The molecule has 0 rings (SSSR count). The third-order valence-electron chi connectivity index (χ3n) is 0.246. The Morgan fingerprint density at radius 2 is 2.17 bits per heavy atom. The molecule has 32 valence electrons. The molecule has 0 unspecified atom stereocenters. The molecule has 0 aromatic rings. The second-order valence-corrected chi connectivity index (χ2v) is 0.614. The molecule has 3 N–H and O–H groups in total. The van der Waals surface area contributed by atoms with Crippen molar-refractivity contribution in [3.8, 4) is 0 Å². The summed E-state index contributed by atoms with van der Waals surface area (Å²) in [5, 5.41) is 2.17. The summed E-state index contributed by atoms with van der Waals surface area (Å²) in [4.78, 5) is 9.48. The maximum absolute atomic E-state index is 9.48. The first-order chi connectivity index (χ1) is 2.27. The van der Waals surface area contributed by atoms with E-state index in [0.717, 1.165) is 0 Å². The molecule has 0 saturated carbocycles. The van der Waals surface area contributed by atoms with E-state index >= 15 is 0 Å². The van der Waals surface area contributed by atoms with E-state index in [2.05, 4.69) is 11.1 Å². The molecule has 3 nitrogen and oxygen atoms in total. The zero-order valence-electron chi connectivity index (χ0n) is 4.99. The van der Waals surface area contributed by atoms with Crippen molar-refractivity contribution in [2.24, 2.45) is 5.73 Å². The topological polar surface area (TPSA) is 55.1 Å². The van der Waals surface area contributed by atoms with Crippen LogP contribution in [0.4, 0.5) is 4.79 Å². The van der Waals surface area contributed by atoms with Crippen LogP contribution in [0.25, 0.3) is 0 Å². The van der Waals surface area contributed by atoms with Crippen LogP contribution in [0.5, 0.6) is 0 Å². The van der Waals surface area contributed by atoms with E-state index in [0.29, 0.717) is 0 Å². The van der Waals surface area contributed by atoms with Gasteiger partial charge in [-0.15, -0.1) is 0 Å². The summed E-state index contributed by atoms with van der Waals surface area (Å²) in [6, 6.07) is -0.495. The average Bonchev–Trinajstić information content (AvgIpc) is 1.38. The summed E-state index contributed by atoms with van der Waals surface area (Å²) in [6.45, 7) is 0. The van der Waals surface area contributed by atoms with Crippen LogP contribution >= 0.6 is 0 Å². The number of nitrogens with one attached hydrogen (secondary N) is 1. The number of nitrogens with two attached hydrogens (primary N) is 1. The molecule has 0 aliphatic carbocycles. The molecular formula is C2H7KN2O. The molecule has 0 fully saturated rings. The van der Waals surface area contributed by atoms with Crippen molar-refractivity contribution in [2.45, 2.75) is 0 Å². The quantitative estimate of drug-likeness (QED) is 0.314. The van der Waals surface area contributed by atoms with Crippen LogP contribution in [0.1, 0.15) is 1.43 Å². The van der Waals surface area contributed by atoms with Gasteiger partial charge < -0.3 is 12.5 Å². The molecule has 0 spiro atoms. The molecule has 0 aliphatic rings. The second-order valence-electron chi connectivity index (χ2n) is 0.614. The largest absolute Gasteiger partial charge is 1.00 e. The third-order valence-corrected chi connectivity index (χ3v) is 0.246. The molecule has 0 radical (unpaired) electrons. The average molecular weight is 114 g/mol. The standard InChI is InChI=1S/C2H6N2O.K.H/c1-4-2(3)5;;/h1H3,(H3,3,4,5);;/q;+1;-1. The minimum absolute atomic E-state index is 0. The maximum Gasteiger partial charge on any atom is 1.00 e. The summed E-state index contributed by atoms with van der Waals surface area (Å²) >= 11 is 0. The van der Waals surface area contributed by atoms with E-state index < -0.39 is 6.03 Å². The number of rotatable bonds is 0. The Morgan fingerprint density at radius 1 is 2.00 bits per heavy atom. The zero-order valence-corrected chi connectivity index (χ0v) is 7.11. The Kier molecular flexibility index (Phi) is 9.85. The van der Waals surface area contributed by atoms with Crippen LogP contribution < -0.4 is 62.4 Å². The number of primary amides is 1. The van der Waals surface area contributed by atoms with Gasteiger partial charge >= 0.3 is 57.4 Å². The first-order valence-corrected chi connectivity index (χ1v) is 1.24. The van der Waals surface area contributed by atoms with Gasteiger partial charge in [-0.3, -0.25) is 0 Å². The van der Waals surface area contributed by atoms with Crippen molar-refractivity contribution < 1.29 is 57.6 Å². The summed E-state index contributed by atoms with van der Waals surface area (Å²) in [7, 11) is 1.47. The van der Waals surface area contributed by atoms with Crippen molar-refractivity contribution in [1.82, 2.24) is 5.32 Å². The molecule has 0 aromatic carbocycles. The van der Waals surface area contributed by atoms with Crippen molar-refractivity contribution in [3.05, 3.63) is 0 Å². The summed E-state index contributed by atoms with van der Waals surface area (Å²) in [6.07, 6.45) is 0. The number of hydrogen-bond acceptors (Lipinski definition) is 1. The Hall–Kier alpha value is 0.906. The van der Waals surface area contributed by atoms with Crippen LogP contribution in [0.3, 0.4) is 0 Å². The smallest absolute Gasteiger partial charge is 1.00 e. The zero-order chi connectivity index (χ0) is 4.28. The van der Waals surface area contributed by atoms with Crippen molar-refractivity contribution >= 4 is 6.03 Å². The van der Waals surface area contributed by atoms with Gasteiger partial charge in [0.1, 0.15) is 0 Å². The van der Waals surface area contributed by atoms with E-state index in [-0.39, 0.29) is 52.8 Å². The van der Waals surface area contributed by atoms with Gasteiger partial charge in [-0.2, -0.15) is 0 Å². The number of amides is 2. The van der Waals surface area contributed by atoms with Crippen molar-refractivity contribution in [3.63, 3.8) is 0 Å². The Labute approximate surface area is 80.6 Å².